The second-order valence-corrected chi connectivity index (χ2v) is 5.22. The molecule has 0 aromatic heterocycles. The topological polar surface area (TPSA) is 21.3 Å². The third-order valence-corrected chi connectivity index (χ3v) is 3.38. The van der Waals surface area contributed by atoms with Crippen molar-refractivity contribution >= 4 is 0 Å². The maximum absolute atomic E-state index is 5.08. The highest BCUT2D eigenvalue weighted by Gasteiger charge is 1.93. The standard InChI is InChI=1S/C16H35NO/c1-3-5-6-7-8-9-10-11-12-13-14-15-16-17-18-4-2/h17H,3-16H2,1-2H3. The molecule has 0 saturated carbocycles. The van der Waals surface area contributed by atoms with Gasteiger partial charge in [-0.2, -0.15) is 0 Å². The summed E-state index contributed by atoms with van der Waals surface area (Å²) >= 11 is 0. The molecule has 0 fully saturated rings. The van der Waals surface area contributed by atoms with E-state index >= 15 is 0 Å². The molecular weight excluding hydrogens is 222 g/mol. The lowest BCUT2D eigenvalue weighted by Gasteiger charge is -2.04. The summed E-state index contributed by atoms with van der Waals surface area (Å²) in [5.74, 6) is 0. The lowest BCUT2D eigenvalue weighted by atomic mass is 10.1. The monoisotopic (exact) mass is 257 g/mol. The minimum atomic E-state index is 0.762. The predicted octanol–water partition coefficient (Wildman–Crippen LogP) is 5.23. The Morgan fingerprint density at radius 1 is 0.611 bits per heavy atom. The number of rotatable bonds is 15. The summed E-state index contributed by atoms with van der Waals surface area (Å²) in [7, 11) is 0. The van der Waals surface area contributed by atoms with Gasteiger partial charge >= 0.3 is 0 Å². The van der Waals surface area contributed by atoms with Crippen LogP contribution in [0.1, 0.15) is 90.9 Å². The van der Waals surface area contributed by atoms with Gasteiger partial charge in [-0.1, -0.05) is 77.6 Å². The van der Waals surface area contributed by atoms with Gasteiger partial charge in [0.15, 0.2) is 0 Å². The van der Waals surface area contributed by atoms with Gasteiger partial charge in [-0.05, 0) is 13.3 Å². The molecule has 0 atom stereocenters. The second kappa shape index (κ2) is 16.9. The Balaban J connectivity index is 2.86. The lowest BCUT2D eigenvalue weighted by molar-refractivity contribution is 0.0500. The summed E-state index contributed by atoms with van der Waals surface area (Å²) < 4.78 is 0. The summed E-state index contributed by atoms with van der Waals surface area (Å²) in [4.78, 5) is 5.08. The molecule has 0 aromatic rings. The van der Waals surface area contributed by atoms with Crippen molar-refractivity contribution in [2.45, 2.75) is 90.9 Å². The maximum atomic E-state index is 5.08. The van der Waals surface area contributed by atoms with Gasteiger partial charge in [0.1, 0.15) is 0 Å². The average molecular weight is 257 g/mol. The molecule has 2 heteroatoms. The van der Waals surface area contributed by atoms with Gasteiger partial charge in [-0.3, -0.25) is 0 Å². The van der Waals surface area contributed by atoms with Gasteiger partial charge in [-0.15, -0.1) is 0 Å². The van der Waals surface area contributed by atoms with Crippen LogP contribution in [0.3, 0.4) is 0 Å². The van der Waals surface area contributed by atoms with Crippen LogP contribution in [-0.4, -0.2) is 13.2 Å². The molecule has 1 N–H and O–H groups in total. The molecule has 0 saturated heterocycles. The molecule has 0 heterocycles. The summed E-state index contributed by atoms with van der Waals surface area (Å²) in [6.45, 7) is 6.06. The van der Waals surface area contributed by atoms with E-state index in [0.29, 0.717) is 0 Å². The zero-order valence-corrected chi connectivity index (χ0v) is 12.8. The highest BCUT2D eigenvalue weighted by Crippen LogP contribution is 2.11. The first kappa shape index (κ1) is 17.9. The Morgan fingerprint density at radius 3 is 1.50 bits per heavy atom. The minimum Gasteiger partial charge on any atom is -0.302 e. The van der Waals surface area contributed by atoms with Crippen LogP contribution >= 0.6 is 0 Å². The molecule has 18 heavy (non-hydrogen) atoms. The van der Waals surface area contributed by atoms with Crippen LogP contribution in [0.15, 0.2) is 0 Å². The predicted molar refractivity (Wildman–Crippen MR) is 80.7 cm³/mol. The fraction of sp³-hybridized carbons (Fsp3) is 1.00. The summed E-state index contributed by atoms with van der Waals surface area (Å²) in [5.41, 5.74) is 2.97. The van der Waals surface area contributed by atoms with Crippen LogP contribution in [-0.2, 0) is 4.84 Å². The molecule has 0 aromatic carbocycles. The van der Waals surface area contributed by atoms with E-state index in [-0.39, 0.29) is 0 Å². The molecule has 0 unspecified atom stereocenters. The second-order valence-electron chi connectivity index (χ2n) is 5.22. The smallest absolute Gasteiger partial charge is 0.0653 e. The normalized spacial score (nSPS) is 11.0. The van der Waals surface area contributed by atoms with Gasteiger partial charge < -0.3 is 4.84 Å². The van der Waals surface area contributed by atoms with E-state index in [1.54, 1.807) is 0 Å². The molecule has 0 rings (SSSR count). The quantitative estimate of drug-likeness (QED) is 0.320. The molecule has 110 valence electrons. The lowest BCUT2D eigenvalue weighted by Crippen LogP contribution is -2.15. The average Bonchev–Trinajstić information content (AvgIpc) is 2.39. The third kappa shape index (κ3) is 15.9. The largest absolute Gasteiger partial charge is 0.302 e. The molecule has 0 amide bonds. The highest BCUT2D eigenvalue weighted by molar-refractivity contribution is 4.48. The van der Waals surface area contributed by atoms with E-state index in [4.69, 9.17) is 4.84 Å². The van der Waals surface area contributed by atoms with Crippen LogP contribution in [0.25, 0.3) is 0 Å². The summed E-state index contributed by atoms with van der Waals surface area (Å²) in [6, 6.07) is 0. The van der Waals surface area contributed by atoms with Gasteiger partial charge in [0, 0.05) is 6.54 Å². The van der Waals surface area contributed by atoms with Crippen molar-refractivity contribution in [1.29, 1.82) is 0 Å². The van der Waals surface area contributed by atoms with Crippen LogP contribution in [0.2, 0.25) is 0 Å². The van der Waals surface area contributed by atoms with Gasteiger partial charge in [0.05, 0.1) is 6.61 Å². The Kier molecular flexibility index (Phi) is 16.8. The minimum absolute atomic E-state index is 0.762. The molecule has 2 nitrogen and oxygen atoms in total. The number of hydrogen-bond donors (Lipinski definition) is 1. The van der Waals surface area contributed by atoms with E-state index < -0.39 is 0 Å². The van der Waals surface area contributed by atoms with Crippen molar-refractivity contribution in [3.05, 3.63) is 0 Å². The van der Waals surface area contributed by atoms with E-state index in [1.807, 2.05) is 6.92 Å². The van der Waals surface area contributed by atoms with Gasteiger partial charge in [-0.25, -0.2) is 5.48 Å². The van der Waals surface area contributed by atoms with Gasteiger partial charge in [0.25, 0.3) is 0 Å². The first-order valence-electron chi connectivity index (χ1n) is 8.26. The van der Waals surface area contributed by atoms with Gasteiger partial charge in [0.2, 0.25) is 0 Å². The van der Waals surface area contributed by atoms with Crippen molar-refractivity contribution in [1.82, 2.24) is 5.48 Å². The van der Waals surface area contributed by atoms with Crippen molar-refractivity contribution in [3.8, 4) is 0 Å². The Hall–Kier alpha value is -0.0800. The molecule has 0 aliphatic rings. The van der Waals surface area contributed by atoms with Crippen molar-refractivity contribution in [3.63, 3.8) is 0 Å². The first-order valence-corrected chi connectivity index (χ1v) is 8.26. The van der Waals surface area contributed by atoms with Crippen LogP contribution in [0, 0.1) is 0 Å². The third-order valence-electron chi connectivity index (χ3n) is 3.38. The first-order chi connectivity index (χ1) is 8.91. The van der Waals surface area contributed by atoms with E-state index in [9.17, 15) is 0 Å². The van der Waals surface area contributed by atoms with E-state index in [2.05, 4.69) is 12.4 Å². The molecule has 0 bridgehead atoms. The van der Waals surface area contributed by atoms with Crippen LogP contribution in [0.5, 0.6) is 0 Å². The molecule has 0 aliphatic carbocycles. The molecule has 0 spiro atoms. The fourth-order valence-corrected chi connectivity index (χ4v) is 2.21. The maximum Gasteiger partial charge on any atom is 0.0653 e. The highest BCUT2D eigenvalue weighted by atomic mass is 16.6. The zero-order valence-electron chi connectivity index (χ0n) is 12.8. The number of unbranched alkanes of at least 4 members (excludes halogenated alkanes) is 11. The van der Waals surface area contributed by atoms with E-state index in [0.717, 1.165) is 13.2 Å². The molecule has 0 radical (unpaired) electrons. The van der Waals surface area contributed by atoms with Crippen molar-refractivity contribution in [2.75, 3.05) is 13.2 Å². The van der Waals surface area contributed by atoms with Crippen LogP contribution < -0.4 is 5.48 Å². The zero-order chi connectivity index (χ0) is 13.3. The molecular formula is C16H35NO. The number of nitrogens with one attached hydrogen (secondary N) is 1. The number of hydrogen-bond acceptors (Lipinski definition) is 2. The van der Waals surface area contributed by atoms with Crippen molar-refractivity contribution < 1.29 is 4.84 Å². The Morgan fingerprint density at radius 2 is 1.06 bits per heavy atom. The SMILES string of the molecule is CCCCCCCCCCCCCCNOCC. The molecule has 0 aliphatic heterocycles. The fourth-order valence-electron chi connectivity index (χ4n) is 2.21. The summed E-state index contributed by atoms with van der Waals surface area (Å²) in [5, 5.41) is 0. The van der Waals surface area contributed by atoms with Crippen molar-refractivity contribution in [2.24, 2.45) is 0 Å². The Labute approximate surface area is 115 Å². The van der Waals surface area contributed by atoms with E-state index in [1.165, 1.54) is 77.0 Å². The van der Waals surface area contributed by atoms with Crippen LogP contribution in [0.4, 0.5) is 0 Å². The Bertz CT molecular complexity index is 123. The summed E-state index contributed by atoms with van der Waals surface area (Å²) in [6.07, 6.45) is 16.9. The number of hydroxylamine groups is 1.